The molecule has 0 saturated carbocycles. The van der Waals surface area contributed by atoms with E-state index in [1.54, 1.807) is 0 Å². The number of aryl methyl sites for hydroxylation is 3. The monoisotopic (exact) mass is 271 g/mol. The Labute approximate surface area is 120 Å². The third-order valence-electron chi connectivity index (χ3n) is 3.25. The van der Waals surface area contributed by atoms with Gasteiger partial charge in [-0.05, 0) is 38.0 Å². The van der Waals surface area contributed by atoms with E-state index in [2.05, 4.69) is 63.2 Å². The van der Waals surface area contributed by atoms with E-state index in [0.717, 1.165) is 5.75 Å². The number of nitrogens with two attached hydrogens (primary N) is 1. The van der Waals surface area contributed by atoms with Gasteiger partial charge in [0.2, 0.25) is 0 Å². The fraction of sp³-hybridized carbons (Fsp3) is 0.294. The Morgan fingerprint density at radius 2 is 1.58 bits per heavy atom. The second-order valence-corrected chi connectivity index (χ2v) is 6.16. The molecule has 0 aliphatic carbocycles. The van der Waals surface area contributed by atoms with Gasteiger partial charge in [0, 0.05) is 16.7 Å². The predicted molar refractivity (Wildman–Crippen MR) is 84.7 cm³/mol. The molecule has 2 rings (SSSR count). The molecule has 0 spiro atoms. The van der Waals surface area contributed by atoms with Crippen molar-refractivity contribution in [2.75, 3.05) is 5.75 Å². The van der Waals surface area contributed by atoms with Crippen molar-refractivity contribution >= 4 is 11.8 Å². The SMILES string of the molecule is Cc1ccc(C(N)CSc2ccc(C)cc2C)cc1. The molecule has 2 N–H and O–H groups in total. The molecule has 0 fully saturated rings. The number of hydrogen-bond donors (Lipinski definition) is 1. The molecule has 19 heavy (non-hydrogen) atoms. The Balaban J connectivity index is 2.00. The van der Waals surface area contributed by atoms with Crippen LogP contribution in [-0.4, -0.2) is 5.75 Å². The van der Waals surface area contributed by atoms with Gasteiger partial charge < -0.3 is 5.73 Å². The number of thioether (sulfide) groups is 1. The second-order valence-electron chi connectivity index (χ2n) is 5.10. The molecule has 0 aliphatic heterocycles. The summed E-state index contributed by atoms with van der Waals surface area (Å²) in [5.74, 6) is 0.910. The van der Waals surface area contributed by atoms with Crippen LogP contribution in [0.4, 0.5) is 0 Å². The molecule has 100 valence electrons. The maximum Gasteiger partial charge on any atom is 0.0390 e. The minimum Gasteiger partial charge on any atom is -0.323 e. The average Bonchev–Trinajstić information content (AvgIpc) is 2.38. The largest absolute Gasteiger partial charge is 0.323 e. The smallest absolute Gasteiger partial charge is 0.0390 e. The first-order chi connectivity index (χ1) is 9.06. The summed E-state index contributed by atoms with van der Waals surface area (Å²) < 4.78 is 0. The Bertz CT molecular complexity index is 546. The van der Waals surface area contributed by atoms with Crippen LogP contribution in [0.1, 0.15) is 28.3 Å². The molecule has 1 unspecified atom stereocenters. The number of hydrogen-bond acceptors (Lipinski definition) is 2. The van der Waals surface area contributed by atoms with Gasteiger partial charge in [-0.2, -0.15) is 0 Å². The lowest BCUT2D eigenvalue weighted by molar-refractivity contribution is 0.830. The molecule has 2 heteroatoms. The molecule has 0 saturated heterocycles. The Morgan fingerprint density at radius 3 is 2.21 bits per heavy atom. The van der Waals surface area contributed by atoms with Crippen LogP contribution in [0.5, 0.6) is 0 Å². The van der Waals surface area contributed by atoms with Gasteiger partial charge >= 0.3 is 0 Å². The van der Waals surface area contributed by atoms with Crippen LogP contribution in [0.3, 0.4) is 0 Å². The van der Waals surface area contributed by atoms with E-state index in [0.29, 0.717) is 0 Å². The maximum atomic E-state index is 6.25. The molecular weight excluding hydrogens is 250 g/mol. The van der Waals surface area contributed by atoms with Gasteiger partial charge in [0.1, 0.15) is 0 Å². The van der Waals surface area contributed by atoms with Gasteiger partial charge in [-0.15, -0.1) is 11.8 Å². The summed E-state index contributed by atoms with van der Waals surface area (Å²) in [6.45, 7) is 6.38. The number of rotatable bonds is 4. The summed E-state index contributed by atoms with van der Waals surface area (Å²) in [6, 6.07) is 15.2. The van der Waals surface area contributed by atoms with Crippen LogP contribution < -0.4 is 5.73 Å². The number of benzene rings is 2. The van der Waals surface area contributed by atoms with Gasteiger partial charge in [0.05, 0.1) is 0 Å². The van der Waals surface area contributed by atoms with E-state index in [1.165, 1.54) is 27.1 Å². The first-order valence-electron chi connectivity index (χ1n) is 6.58. The van der Waals surface area contributed by atoms with Crippen molar-refractivity contribution in [2.45, 2.75) is 31.7 Å². The minimum atomic E-state index is 0.0892. The van der Waals surface area contributed by atoms with E-state index in [9.17, 15) is 0 Å². The van der Waals surface area contributed by atoms with Crippen molar-refractivity contribution in [3.63, 3.8) is 0 Å². The molecule has 0 heterocycles. The zero-order valence-electron chi connectivity index (χ0n) is 11.8. The van der Waals surface area contributed by atoms with Crippen LogP contribution >= 0.6 is 11.8 Å². The van der Waals surface area contributed by atoms with E-state index < -0.39 is 0 Å². The first kappa shape index (κ1) is 14.2. The molecule has 2 aromatic rings. The Hall–Kier alpha value is -1.25. The van der Waals surface area contributed by atoms with E-state index in [4.69, 9.17) is 5.73 Å². The molecule has 0 aliphatic rings. The molecule has 0 radical (unpaired) electrons. The molecule has 1 atom stereocenters. The molecule has 2 aromatic carbocycles. The fourth-order valence-corrected chi connectivity index (χ4v) is 3.05. The summed E-state index contributed by atoms with van der Waals surface area (Å²) in [4.78, 5) is 1.33. The summed E-state index contributed by atoms with van der Waals surface area (Å²) in [5.41, 5.74) is 11.4. The van der Waals surface area contributed by atoms with Crippen LogP contribution in [-0.2, 0) is 0 Å². The molecule has 0 aromatic heterocycles. The highest BCUT2D eigenvalue weighted by molar-refractivity contribution is 7.99. The second kappa shape index (κ2) is 6.27. The van der Waals surface area contributed by atoms with Crippen molar-refractivity contribution in [1.82, 2.24) is 0 Å². The standard InChI is InChI=1S/C17H21NS/c1-12-4-7-15(8-5-12)16(18)11-19-17-9-6-13(2)10-14(17)3/h4-10,16H,11,18H2,1-3H3. The summed E-state index contributed by atoms with van der Waals surface area (Å²) in [5, 5.41) is 0. The predicted octanol–water partition coefficient (Wildman–Crippen LogP) is 4.40. The quantitative estimate of drug-likeness (QED) is 0.834. The topological polar surface area (TPSA) is 26.0 Å². The van der Waals surface area contributed by atoms with Crippen molar-refractivity contribution in [3.8, 4) is 0 Å². The van der Waals surface area contributed by atoms with Crippen molar-refractivity contribution in [1.29, 1.82) is 0 Å². The average molecular weight is 271 g/mol. The zero-order chi connectivity index (χ0) is 13.8. The molecule has 1 nitrogen and oxygen atoms in total. The van der Waals surface area contributed by atoms with Crippen LogP contribution in [0, 0.1) is 20.8 Å². The maximum absolute atomic E-state index is 6.25. The van der Waals surface area contributed by atoms with Crippen LogP contribution in [0.2, 0.25) is 0 Å². The highest BCUT2D eigenvalue weighted by Crippen LogP contribution is 2.27. The highest BCUT2D eigenvalue weighted by Gasteiger charge is 2.07. The lowest BCUT2D eigenvalue weighted by Crippen LogP contribution is -2.12. The minimum absolute atomic E-state index is 0.0892. The zero-order valence-corrected chi connectivity index (χ0v) is 12.6. The van der Waals surface area contributed by atoms with E-state index in [-0.39, 0.29) is 6.04 Å². The lowest BCUT2D eigenvalue weighted by atomic mass is 10.1. The van der Waals surface area contributed by atoms with Gasteiger partial charge in [0.25, 0.3) is 0 Å². The van der Waals surface area contributed by atoms with Gasteiger partial charge in [-0.1, -0.05) is 47.5 Å². The van der Waals surface area contributed by atoms with E-state index in [1.807, 2.05) is 11.8 Å². The summed E-state index contributed by atoms with van der Waals surface area (Å²) in [7, 11) is 0. The van der Waals surface area contributed by atoms with Gasteiger partial charge in [-0.25, -0.2) is 0 Å². The van der Waals surface area contributed by atoms with Gasteiger partial charge in [-0.3, -0.25) is 0 Å². The third-order valence-corrected chi connectivity index (χ3v) is 4.55. The highest BCUT2D eigenvalue weighted by atomic mass is 32.2. The normalized spacial score (nSPS) is 12.4. The Kier molecular flexibility index (Phi) is 4.67. The summed E-state index contributed by atoms with van der Waals surface area (Å²) >= 11 is 1.84. The van der Waals surface area contributed by atoms with Gasteiger partial charge in [0.15, 0.2) is 0 Å². The van der Waals surface area contributed by atoms with Crippen molar-refractivity contribution < 1.29 is 0 Å². The Morgan fingerprint density at radius 1 is 0.947 bits per heavy atom. The fourth-order valence-electron chi connectivity index (χ4n) is 2.05. The summed E-state index contributed by atoms with van der Waals surface area (Å²) in [6.07, 6.45) is 0. The first-order valence-corrected chi connectivity index (χ1v) is 7.57. The third kappa shape index (κ3) is 3.85. The molecular formula is C17H21NS. The lowest BCUT2D eigenvalue weighted by Gasteiger charge is -2.13. The molecule has 0 bridgehead atoms. The molecule has 0 amide bonds. The van der Waals surface area contributed by atoms with E-state index >= 15 is 0 Å². The van der Waals surface area contributed by atoms with Crippen LogP contribution in [0.15, 0.2) is 47.4 Å². The van der Waals surface area contributed by atoms with Crippen molar-refractivity contribution in [2.24, 2.45) is 5.73 Å². The van der Waals surface area contributed by atoms with Crippen LogP contribution in [0.25, 0.3) is 0 Å². The van der Waals surface area contributed by atoms with Crippen molar-refractivity contribution in [3.05, 3.63) is 64.7 Å².